The van der Waals surface area contributed by atoms with E-state index in [2.05, 4.69) is 15.5 Å². The molecule has 15 heavy (non-hydrogen) atoms. The summed E-state index contributed by atoms with van der Waals surface area (Å²) < 4.78 is 4.85. The first kappa shape index (κ1) is 11.9. The predicted molar refractivity (Wildman–Crippen MR) is 54.0 cm³/mol. The molecular weight excluding hydrogens is 220 g/mol. The fourth-order valence-corrected chi connectivity index (χ4v) is 1.10. The summed E-state index contributed by atoms with van der Waals surface area (Å²) in [6.07, 6.45) is 1.98. The van der Waals surface area contributed by atoms with Crippen LogP contribution in [-0.4, -0.2) is 16.0 Å². The van der Waals surface area contributed by atoms with Gasteiger partial charge in [-0.25, -0.2) is 0 Å². The van der Waals surface area contributed by atoms with Crippen LogP contribution >= 0.6 is 12.4 Å². The highest BCUT2D eigenvalue weighted by atomic mass is 35.5. The van der Waals surface area contributed by atoms with Gasteiger partial charge in [0.2, 0.25) is 11.8 Å². The number of halogens is 1. The summed E-state index contributed by atoms with van der Waals surface area (Å²) in [5.74, 6) is 1.13. The van der Waals surface area contributed by atoms with Gasteiger partial charge in [0.25, 0.3) is 0 Å². The highest BCUT2D eigenvalue weighted by Gasteiger charge is 2.29. The highest BCUT2D eigenvalue weighted by molar-refractivity contribution is 5.85. The highest BCUT2D eigenvalue weighted by Crippen LogP contribution is 2.28. The second kappa shape index (κ2) is 5.09. The number of nitrogens with one attached hydrogen (secondary N) is 1. The lowest BCUT2D eigenvalue weighted by atomic mass is 10.4. The van der Waals surface area contributed by atoms with Crippen LogP contribution in [0, 0.1) is 5.92 Å². The number of carbonyl (C=O) groups excluding carboxylic acids is 1. The fourth-order valence-electron chi connectivity index (χ4n) is 1.10. The van der Waals surface area contributed by atoms with Gasteiger partial charge in [-0.05, 0) is 12.8 Å². The molecule has 1 heterocycles. The number of amides is 1. The lowest BCUT2D eigenvalue weighted by Gasteiger charge is -1.98. The maximum absolute atomic E-state index is 11.2. The third-order valence-corrected chi connectivity index (χ3v) is 2.05. The first-order chi connectivity index (χ1) is 6.79. The fraction of sp³-hybridized carbons (Fsp3) is 0.625. The molecule has 1 aromatic rings. The van der Waals surface area contributed by atoms with Crippen molar-refractivity contribution in [1.29, 1.82) is 0 Å². The quantitative estimate of drug-likeness (QED) is 0.761. The molecule has 0 spiro atoms. The van der Waals surface area contributed by atoms with Crippen LogP contribution in [0.1, 0.15) is 24.6 Å². The zero-order valence-corrected chi connectivity index (χ0v) is 8.92. The SMILES string of the molecule is Cl.NCc1noc(CNC(=O)C2CC2)n1. The van der Waals surface area contributed by atoms with Gasteiger partial charge in [0.15, 0.2) is 5.82 Å². The second-order valence-corrected chi connectivity index (χ2v) is 3.30. The molecule has 1 aliphatic rings. The smallest absolute Gasteiger partial charge is 0.246 e. The first-order valence-electron chi connectivity index (χ1n) is 4.59. The van der Waals surface area contributed by atoms with Gasteiger partial charge in [0, 0.05) is 5.92 Å². The maximum atomic E-state index is 11.2. The van der Waals surface area contributed by atoms with E-state index < -0.39 is 0 Å². The molecule has 1 aromatic heterocycles. The molecule has 1 amide bonds. The van der Waals surface area contributed by atoms with E-state index in [9.17, 15) is 4.79 Å². The van der Waals surface area contributed by atoms with Crippen LogP contribution in [0.4, 0.5) is 0 Å². The molecule has 6 nitrogen and oxygen atoms in total. The van der Waals surface area contributed by atoms with Crippen molar-refractivity contribution in [2.24, 2.45) is 11.7 Å². The third kappa shape index (κ3) is 3.17. The molecule has 0 aliphatic heterocycles. The Balaban J connectivity index is 0.00000112. The molecule has 7 heteroatoms. The lowest BCUT2D eigenvalue weighted by molar-refractivity contribution is -0.122. The zero-order chi connectivity index (χ0) is 9.97. The Morgan fingerprint density at radius 1 is 1.60 bits per heavy atom. The van der Waals surface area contributed by atoms with Crippen LogP contribution in [0.3, 0.4) is 0 Å². The minimum absolute atomic E-state index is 0. The van der Waals surface area contributed by atoms with Gasteiger partial charge in [-0.2, -0.15) is 4.98 Å². The van der Waals surface area contributed by atoms with Crippen molar-refractivity contribution >= 4 is 18.3 Å². The van der Waals surface area contributed by atoms with E-state index in [0.717, 1.165) is 12.8 Å². The second-order valence-electron chi connectivity index (χ2n) is 3.30. The van der Waals surface area contributed by atoms with Gasteiger partial charge in [-0.1, -0.05) is 5.16 Å². The first-order valence-corrected chi connectivity index (χ1v) is 4.59. The molecule has 84 valence electrons. The average Bonchev–Trinajstić information content (AvgIpc) is 2.94. The molecule has 0 saturated heterocycles. The summed E-state index contributed by atoms with van der Waals surface area (Å²) in [5.41, 5.74) is 5.30. The number of rotatable bonds is 4. The van der Waals surface area contributed by atoms with E-state index in [0.29, 0.717) is 18.3 Å². The van der Waals surface area contributed by atoms with Crippen molar-refractivity contribution < 1.29 is 9.32 Å². The van der Waals surface area contributed by atoms with E-state index in [1.165, 1.54) is 0 Å². The number of hydrogen-bond acceptors (Lipinski definition) is 5. The van der Waals surface area contributed by atoms with Crippen LogP contribution < -0.4 is 11.1 Å². The maximum Gasteiger partial charge on any atom is 0.246 e. The summed E-state index contributed by atoms with van der Waals surface area (Å²) in [7, 11) is 0. The topological polar surface area (TPSA) is 94.0 Å². The van der Waals surface area contributed by atoms with Crippen LogP contribution in [0.15, 0.2) is 4.52 Å². The molecule has 0 radical (unpaired) electrons. The van der Waals surface area contributed by atoms with Gasteiger partial charge >= 0.3 is 0 Å². The molecule has 1 saturated carbocycles. The van der Waals surface area contributed by atoms with Crippen molar-refractivity contribution in [1.82, 2.24) is 15.5 Å². The van der Waals surface area contributed by atoms with Crippen LogP contribution in [0.2, 0.25) is 0 Å². The molecule has 3 N–H and O–H groups in total. The van der Waals surface area contributed by atoms with Gasteiger partial charge in [0.05, 0.1) is 13.1 Å². The van der Waals surface area contributed by atoms with E-state index in [4.69, 9.17) is 10.3 Å². The van der Waals surface area contributed by atoms with Crippen molar-refractivity contribution in [3.63, 3.8) is 0 Å². The standard InChI is InChI=1S/C8H12N4O2.ClH/c9-3-6-11-7(14-12-6)4-10-8(13)5-1-2-5;/h5H,1-4,9H2,(H,10,13);1H. The van der Waals surface area contributed by atoms with Crippen LogP contribution in [0.25, 0.3) is 0 Å². The summed E-state index contributed by atoms with van der Waals surface area (Å²) in [6, 6.07) is 0. The number of nitrogens with zero attached hydrogens (tertiary/aromatic N) is 2. The number of hydrogen-bond donors (Lipinski definition) is 2. The van der Waals surface area contributed by atoms with Gasteiger partial charge < -0.3 is 15.6 Å². The molecule has 0 aromatic carbocycles. The average molecular weight is 233 g/mol. The Morgan fingerprint density at radius 3 is 2.87 bits per heavy atom. The largest absolute Gasteiger partial charge is 0.347 e. The van der Waals surface area contributed by atoms with Gasteiger partial charge in [-0.15, -0.1) is 12.4 Å². The van der Waals surface area contributed by atoms with E-state index >= 15 is 0 Å². The Bertz CT molecular complexity index is 337. The van der Waals surface area contributed by atoms with Crippen LogP contribution in [0.5, 0.6) is 0 Å². The third-order valence-electron chi connectivity index (χ3n) is 2.05. The minimum Gasteiger partial charge on any atom is -0.347 e. The Labute approximate surface area is 93.0 Å². The van der Waals surface area contributed by atoms with Gasteiger partial charge in [-0.3, -0.25) is 4.79 Å². The zero-order valence-electron chi connectivity index (χ0n) is 8.10. The van der Waals surface area contributed by atoms with Crippen molar-refractivity contribution in [2.45, 2.75) is 25.9 Å². The molecule has 0 atom stereocenters. The molecule has 1 aliphatic carbocycles. The van der Waals surface area contributed by atoms with Gasteiger partial charge in [0.1, 0.15) is 0 Å². The van der Waals surface area contributed by atoms with Crippen LogP contribution in [-0.2, 0) is 17.9 Å². The van der Waals surface area contributed by atoms with Crippen molar-refractivity contribution in [2.75, 3.05) is 0 Å². The monoisotopic (exact) mass is 232 g/mol. The van der Waals surface area contributed by atoms with E-state index in [1.807, 2.05) is 0 Å². The molecule has 0 bridgehead atoms. The number of nitrogens with two attached hydrogens (primary N) is 1. The minimum atomic E-state index is 0. The van der Waals surface area contributed by atoms with E-state index in [-0.39, 0.29) is 30.8 Å². The van der Waals surface area contributed by atoms with Crippen molar-refractivity contribution in [3.05, 3.63) is 11.7 Å². The lowest BCUT2D eigenvalue weighted by Crippen LogP contribution is -2.24. The predicted octanol–water partition coefficient (Wildman–Crippen LogP) is -0.0237. The normalized spacial score (nSPS) is 14.5. The summed E-state index contributed by atoms with van der Waals surface area (Å²) in [5, 5.41) is 6.33. The Hall–Kier alpha value is -1.14. The molecular formula is C8H13ClN4O2. The summed E-state index contributed by atoms with van der Waals surface area (Å²) in [6.45, 7) is 0.544. The Kier molecular flexibility index (Phi) is 4.05. The number of carbonyl (C=O) groups is 1. The van der Waals surface area contributed by atoms with Crippen molar-refractivity contribution in [3.8, 4) is 0 Å². The molecule has 1 fully saturated rings. The molecule has 2 rings (SSSR count). The molecule has 0 unspecified atom stereocenters. The summed E-state index contributed by atoms with van der Waals surface area (Å²) in [4.78, 5) is 15.2. The number of aromatic nitrogens is 2. The Morgan fingerprint density at radius 2 is 2.33 bits per heavy atom. The van der Waals surface area contributed by atoms with E-state index in [1.54, 1.807) is 0 Å². The summed E-state index contributed by atoms with van der Waals surface area (Å²) >= 11 is 0.